The Hall–Kier alpha value is -1.86. The molecule has 5 nitrogen and oxygen atoms in total. The van der Waals surface area contributed by atoms with Crippen molar-refractivity contribution in [3.05, 3.63) is 58.6 Å². The number of sulfonamides is 1. The lowest BCUT2D eigenvalue weighted by atomic mass is 10.2. The minimum Gasteiger partial charge on any atom is -0.858 e. The van der Waals surface area contributed by atoms with Crippen LogP contribution >= 0.6 is 15.9 Å². The predicted molar refractivity (Wildman–Crippen MR) is 93.1 cm³/mol. The number of aliphatic imine (C=N–C) groups is 1. The van der Waals surface area contributed by atoms with Crippen LogP contribution in [0.3, 0.4) is 0 Å². The van der Waals surface area contributed by atoms with Gasteiger partial charge < -0.3 is 10.1 Å². The second-order valence-corrected chi connectivity index (χ2v) is 7.39. The molecule has 122 valence electrons. The van der Waals surface area contributed by atoms with Crippen LogP contribution in [0.15, 0.2) is 62.9 Å². The maximum atomic E-state index is 12.4. The highest BCUT2D eigenvalue weighted by atomic mass is 79.9. The van der Waals surface area contributed by atoms with Crippen molar-refractivity contribution in [1.29, 1.82) is 0 Å². The van der Waals surface area contributed by atoms with Gasteiger partial charge in [0.1, 0.15) is 0 Å². The van der Waals surface area contributed by atoms with Crippen LogP contribution in [0, 0.1) is 0 Å². The summed E-state index contributed by atoms with van der Waals surface area (Å²) in [7, 11) is -3.77. The van der Waals surface area contributed by atoms with Crippen molar-refractivity contribution in [3.8, 4) is 0 Å². The summed E-state index contributed by atoms with van der Waals surface area (Å²) < 4.78 is 28.1. The number of benzene rings is 2. The van der Waals surface area contributed by atoms with Crippen LogP contribution in [0.2, 0.25) is 0 Å². The molecule has 0 spiro atoms. The minimum atomic E-state index is -3.77. The molecule has 0 amide bonds. The van der Waals surface area contributed by atoms with E-state index in [1.54, 1.807) is 36.4 Å². The molecule has 23 heavy (non-hydrogen) atoms. The van der Waals surface area contributed by atoms with Crippen LogP contribution in [0.5, 0.6) is 0 Å². The summed E-state index contributed by atoms with van der Waals surface area (Å²) in [5, 5.41) is 12.1. The van der Waals surface area contributed by atoms with E-state index in [1.165, 1.54) is 12.1 Å². The van der Waals surface area contributed by atoms with Crippen LogP contribution in [-0.2, 0) is 10.0 Å². The Kier molecular flexibility index (Phi) is 5.79. The molecule has 0 aliphatic carbocycles. The van der Waals surface area contributed by atoms with Gasteiger partial charge in [-0.1, -0.05) is 41.1 Å². The Morgan fingerprint density at radius 1 is 1.17 bits per heavy atom. The topological polar surface area (TPSA) is 81.6 Å². The summed E-state index contributed by atoms with van der Waals surface area (Å²) in [6.07, 6.45) is 0.749. The first kappa shape index (κ1) is 17.5. The van der Waals surface area contributed by atoms with Gasteiger partial charge in [0.25, 0.3) is 10.0 Å². The van der Waals surface area contributed by atoms with Crippen LogP contribution in [-0.4, -0.2) is 20.9 Å². The first-order valence-electron chi connectivity index (χ1n) is 7.03. The Morgan fingerprint density at radius 2 is 1.83 bits per heavy atom. The lowest BCUT2D eigenvalue weighted by Gasteiger charge is -2.17. The quantitative estimate of drug-likeness (QED) is 0.602. The highest BCUT2D eigenvalue weighted by Crippen LogP contribution is 2.21. The van der Waals surface area contributed by atoms with Gasteiger partial charge in [0.2, 0.25) is 0 Å². The summed E-state index contributed by atoms with van der Waals surface area (Å²) in [6, 6.07) is 12.7. The largest absolute Gasteiger partial charge is 0.858 e. The number of rotatable bonds is 6. The van der Waals surface area contributed by atoms with Crippen molar-refractivity contribution in [2.24, 2.45) is 4.99 Å². The maximum Gasteiger partial charge on any atom is 0.261 e. The molecular weight excluding hydrogens is 380 g/mol. The number of anilines is 1. The van der Waals surface area contributed by atoms with Crippen molar-refractivity contribution in [2.75, 3.05) is 11.3 Å². The fourth-order valence-corrected chi connectivity index (χ4v) is 3.22. The molecule has 0 unspecified atom stereocenters. The highest BCUT2D eigenvalue weighted by molar-refractivity contribution is 9.10. The maximum absolute atomic E-state index is 12.4. The zero-order valence-electron chi connectivity index (χ0n) is 12.5. The molecule has 1 N–H and O–H groups in total. The average Bonchev–Trinajstić information content (AvgIpc) is 2.53. The van der Waals surface area contributed by atoms with Crippen LogP contribution in [0.1, 0.15) is 18.9 Å². The summed E-state index contributed by atoms with van der Waals surface area (Å²) in [5.41, 5.74) is 0.460. The smallest absolute Gasteiger partial charge is 0.261 e. The van der Waals surface area contributed by atoms with Crippen molar-refractivity contribution in [2.45, 2.75) is 18.2 Å². The molecular formula is C16H16BrN2O3S-. The van der Waals surface area contributed by atoms with E-state index in [-0.39, 0.29) is 16.1 Å². The first-order chi connectivity index (χ1) is 10.9. The Labute approximate surface area is 144 Å². The Morgan fingerprint density at radius 3 is 2.48 bits per heavy atom. The van der Waals surface area contributed by atoms with Crippen molar-refractivity contribution in [3.63, 3.8) is 0 Å². The van der Waals surface area contributed by atoms with Gasteiger partial charge in [0, 0.05) is 16.6 Å². The van der Waals surface area contributed by atoms with E-state index in [0.717, 1.165) is 10.9 Å². The lowest BCUT2D eigenvalue weighted by molar-refractivity contribution is -0.213. The third-order valence-electron chi connectivity index (χ3n) is 3.00. The van der Waals surface area contributed by atoms with Crippen LogP contribution < -0.4 is 9.83 Å². The molecule has 0 aromatic heterocycles. The number of nitrogens with zero attached hydrogens (tertiary/aromatic N) is 1. The van der Waals surface area contributed by atoms with Gasteiger partial charge in [0.15, 0.2) is 0 Å². The number of para-hydroxylation sites is 1. The molecule has 2 rings (SSSR count). The summed E-state index contributed by atoms with van der Waals surface area (Å²) in [4.78, 5) is 4.03. The van der Waals surface area contributed by atoms with Gasteiger partial charge in [-0.25, -0.2) is 8.42 Å². The fourth-order valence-electron chi connectivity index (χ4n) is 1.87. The van der Waals surface area contributed by atoms with Gasteiger partial charge in [-0.05, 0) is 42.7 Å². The SMILES string of the molecule is CCCN=C([O-])c1ccccc1NS(=O)(=O)c1ccc(Br)cc1. The highest BCUT2D eigenvalue weighted by Gasteiger charge is 2.15. The number of nitrogens with one attached hydrogen (secondary N) is 1. The van der Waals surface area contributed by atoms with E-state index in [4.69, 9.17) is 0 Å². The molecule has 0 saturated carbocycles. The number of hydrogen-bond acceptors (Lipinski definition) is 4. The normalized spacial score (nSPS) is 12.2. The first-order valence-corrected chi connectivity index (χ1v) is 9.31. The standard InChI is InChI=1S/C16H17BrN2O3S/c1-2-11-18-16(20)14-5-3-4-6-15(14)19-23(21,22)13-9-7-12(17)8-10-13/h3-10,19H,2,11H2,1H3,(H,18,20)/p-1. The zero-order valence-corrected chi connectivity index (χ0v) is 14.9. The van der Waals surface area contributed by atoms with E-state index in [0.29, 0.717) is 6.54 Å². The minimum absolute atomic E-state index is 0.119. The van der Waals surface area contributed by atoms with Crippen molar-refractivity contribution in [1.82, 2.24) is 0 Å². The second kappa shape index (κ2) is 7.61. The molecule has 0 aliphatic heterocycles. The van der Waals surface area contributed by atoms with Gasteiger partial charge in [-0.15, -0.1) is 0 Å². The third-order valence-corrected chi connectivity index (χ3v) is 4.91. The van der Waals surface area contributed by atoms with E-state index >= 15 is 0 Å². The van der Waals surface area contributed by atoms with Gasteiger partial charge in [0.05, 0.1) is 10.6 Å². The molecule has 0 heterocycles. The van der Waals surface area contributed by atoms with E-state index < -0.39 is 15.9 Å². The van der Waals surface area contributed by atoms with Crippen molar-refractivity contribution < 1.29 is 13.5 Å². The van der Waals surface area contributed by atoms with E-state index in [1.807, 2.05) is 6.92 Å². The van der Waals surface area contributed by atoms with E-state index in [9.17, 15) is 13.5 Å². The molecule has 0 aliphatic rings. The summed E-state index contributed by atoms with van der Waals surface area (Å²) in [6.45, 7) is 2.32. The molecule has 0 bridgehead atoms. The molecule has 7 heteroatoms. The van der Waals surface area contributed by atoms with E-state index in [2.05, 4.69) is 25.6 Å². The molecule has 0 saturated heterocycles. The van der Waals surface area contributed by atoms with Gasteiger partial charge in [-0.3, -0.25) is 4.72 Å². The lowest BCUT2D eigenvalue weighted by Crippen LogP contribution is -2.23. The Bertz CT molecular complexity index is 802. The fraction of sp³-hybridized carbons (Fsp3) is 0.188. The Balaban J connectivity index is 2.35. The van der Waals surface area contributed by atoms with Crippen molar-refractivity contribution >= 4 is 37.5 Å². The molecule has 0 radical (unpaired) electrons. The van der Waals surface area contributed by atoms with Crippen LogP contribution in [0.4, 0.5) is 5.69 Å². The van der Waals surface area contributed by atoms with Gasteiger partial charge in [-0.2, -0.15) is 0 Å². The molecule has 2 aromatic rings. The summed E-state index contributed by atoms with van der Waals surface area (Å²) >= 11 is 3.26. The average molecular weight is 396 g/mol. The molecule has 0 fully saturated rings. The number of halogens is 1. The summed E-state index contributed by atoms with van der Waals surface area (Å²) in [5.74, 6) is -0.430. The second-order valence-electron chi connectivity index (χ2n) is 4.79. The molecule has 0 atom stereocenters. The van der Waals surface area contributed by atoms with Crippen LogP contribution in [0.25, 0.3) is 0 Å². The number of hydrogen-bond donors (Lipinski definition) is 1. The van der Waals surface area contributed by atoms with Gasteiger partial charge >= 0.3 is 0 Å². The predicted octanol–water partition coefficient (Wildman–Crippen LogP) is 2.77. The zero-order chi connectivity index (χ0) is 16.9. The molecule has 2 aromatic carbocycles. The third kappa shape index (κ3) is 4.56. The monoisotopic (exact) mass is 395 g/mol.